The lowest BCUT2D eigenvalue weighted by molar-refractivity contribution is 0.593. The number of benzene rings is 2. The van der Waals surface area contributed by atoms with Crippen LogP contribution < -0.4 is 0 Å². The Balaban J connectivity index is 2.15. The Morgan fingerprint density at radius 2 is 1.19 bits per heavy atom. The highest BCUT2D eigenvalue weighted by Crippen LogP contribution is 2.42. The first-order valence-corrected chi connectivity index (χ1v) is 8.93. The molecule has 0 aliphatic heterocycles. The summed E-state index contributed by atoms with van der Waals surface area (Å²) in [6.07, 6.45) is 7.45. The van der Waals surface area contributed by atoms with Gasteiger partial charge in [0.2, 0.25) is 0 Å². The zero-order valence-electron chi connectivity index (χ0n) is 15.4. The number of aromatic nitrogens is 2. The predicted molar refractivity (Wildman–Crippen MR) is 109 cm³/mol. The lowest BCUT2D eigenvalue weighted by atomic mass is 9.78. The zero-order chi connectivity index (χ0) is 18.1. The molecule has 0 fully saturated rings. The highest BCUT2D eigenvalue weighted by Gasteiger charge is 2.23. The fraction of sp³-hybridized carbons (Fsp3) is 0.167. The van der Waals surface area contributed by atoms with Gasteiger partial charge in [-0.1, -0.05) is 45.0 Å². The molecule has 0 aliphatic carbocycles. The molecule has 26 heavy (non-hydrogen) atoms. The van der Waals surface area contributed by atoms with E-state index in [0.29, 0.717) is 0 Å². The Morgan fingerprint density at radius 3 is 1.77 bits per heavy atom. The number of rotatable bonds is 2. The van der Waals surface area contributed by atoms with Crippen LogP contribution >= 0.6 is 0 Å². The normalized spacial score (nSPS) is 11.7. The molecule has 0 radical (unpaired) electrons. The van der Waals surface area contributed by atoms with E-state index in [4.69, 9.17) is 0 Å². The van der Waals surface area contributed by atoms with Gasteiger partial charge in [-0.3, -0.25) is 9.97 Å². The summed E-state index contributed by atoms with van der Waals surface area (Å²) in [5.74, 6) is 0. The quantitative estimate of drug-likeness (QED) is 0.431. The smallest absolute Gasteiger partial charge is 0.0273 e. The van der Waals surface area contributed by atoms with Crippen LogP contribution in [0.2, 0.25) is 0 Å². The van der Waals surface area contributed by atoms with E-state index >= 15 is 0 Å². The molecule has 0 N–H and O–H groups in total. The number of pyridine rings is 2. The highest BCUT2D eigenvalue weighted by atomic mass is 14.6. The molecule has 0 amide bonds. The summed E-state index contributed by atoms with van der Waals surface area (Å²) in [6, 6.07) is 19.4. The average molecular weight is 338 g/mol. The second-order valence-corrected chi connectivity index (χ2v) is 7.61. The fourth-order valence-electron chi connectivity index (χ4n) is 3.57. The molecule has 2 nitrogen and oxygen atoms in total. The summed E-state index contributed by atoms with van der Waals surface area (Å²) in [6.45, 7) is 6.83. The monoisotopic (exact) mass is 338 g/mol. The molecule has 2 aromatic carbocycles. The minimum absolute atomic E-state index is 0.0183. The molecule has 2 heterocycles. The second kappa shape index (κ2) is 6.38. The van der Waals surface area contributed by atoms with Crippen molar-refractivity contribution in [1.29, 1.82) is 0 Å². The Labute approximate surface area is 154 Å². The van der Waals surface area contributed by atoms with Crippen LogP contribution in [-0.2, 0) is 5.41 Å². The maximum atomic E-state index is 4.20. The summed E-state index contributed by atoms with van der Waals surface area (Å²) in [7, 11) is 0. The van der Waals surface area contributed by atoms with Gasteiger partial charge in [0.05, 0.1) is 0 Å². The number of fused-ring (bicyclic) bond motifs is 1. The van der Waals surface area contributed by atoms with E-state index in [1.165, 1.54) is 38.6 Å². The van der Waals surface area contributed by atoms with Crippen LogP contribution in [0.25, 0.3) is 33.0 Å². The highest BCUT2D eigenvalue weighted by molar-refractivity contribution is 6.06. The maximum absolute atomic E-state index is 4.20. The van der Waals surface area contributed by atoms with E-state index in [0.717, 1.165) is 0 Å². The molecule has 0 bridgehead atoms. The third-order valence-corrected chi connectivity index (χ3v) is 4.81. The Hall–Kier alpha value is -3.00. The summed E-state index contributed by atoms with van der Waals surface area (Å²) in [5, 5.41) is 2.54. The van der Waals surface area contributed by atoms with Crippen molar-refractivity contribution < 1.29 is 0 Å². The van der Waals surface area contributed by atoms with E-state index in [9.17, 15) is 0 Å². The Bertz CT molecular complexity index is 1050. The summed E-state index contributed by atoms with van der Waals surface area (Å²) in [4.78, 5) is 8.38. The van der Waals surface area contributed by atoms with Gasteiger partial charge in [-0.25, -0.2) is 0 Å². The van der Waals surface area contributed by atoms with Crippen LogP contribution in [0.3, 0.4) is 0 Å². The van der Waals surface area contributed by atoms with Crippen molar-refractivity contribution in [2.45, 2.75) is 26.2 Å². The minimum atomic E-state index is 0.0183. The second-order valence-electron chi connectivity index (χ2n) is 7.61. The lowest BCUT2D eigenvalue weighted by Gasteiger charge is -2.26. The van der Waals surface area contributed by atoms with Crippen LogP contribution in [0.15, 0.2) is 79.4 Å². The molecule has 0 spiro atoms. The van der Waals surface area contributed by atoms with Crippen molar-refractivity contribution in [2.75, 3.05) is 0 Å². The molecule has 4 rings (SSSR count). The lowest BCUT2D eigenvalue weighted by Crippen LogP contribution is -2.13. The van der Waals surface area contributed by atoms with Gasteiger partial charge in [-0.05, 0) is 74.3 Å². The molecule has 4 aromatic rings. The molecule has 2 heteroatoms. The zero-order valence-corrected chi connectivity index (χ0v) is 15.4. The standard InChI is InChI=1S/C24H22N2/c1-24(2,3)22-16-21(17-8-12-25-13-9-17)19-6-4-5-7-20(19)23(22)18-10-14-26-15-11-18/h4-16H,1-3H3. The van der Waals surface area contributed by atoms with Gasteiger partial charge in [-0.2, -0.15) is 0 Å². The van der Waals surface area contributed by atoms with E-state index in [1.54, 1.807) is 0 Å². The van der Waals surface area contributed by atoms with E-state index in [2.05, 4.69) is 85.3 Å². The molecule has 0 saturated heterocycles. The Kier molecular flexibility index (Phi) is 4.04. The molecule has 0 atom stereocenters. The number of hydrogen-bond acceptors (Lipinski definition) is 2. The predicted octanol–water partition coefficient (Wildman–Crippen LogP) is 6.26. The van der Waals surface area contributed by atoms with E-state index < -0.39 is 0 Å². The molecule has 128 valence electrons. The molecule has 0 unspecified atom stereocenters. The first-order valence-electron chi connectivity index (χ1n) is 8.93. The third-order valence-electron chi connectivity index (χ3n) is 4.81. The van der Waals surface area contributed by atoms with E-state index in [1.807, 2.05) is 24.8 Å². The minimum Gasteiger partial charge on any atom is -0.265 e. The third kappa shape index (κ3) is 2.88. The van der Waals surface area contributed by atoms with Gasteiger partial charge >= 0.3 is 0 Å². The van der Waals surface area contributed by atoms with Crippen molar-refractivity contribution in [2.24, 2.45) is 0 Å². The first kappa shape index (κ1) is 16.5. The molecule has 0 aliphatic rings. The van der Waals surface area contributed by atoms with Crippen molar-refractivity contribution in [3.63, 3.8) is 0 Å². The molecule has 0 saturated carbocycles. The molecular weight excluding hydrogens is 316 g/mol. The van der Waals surface area contributed by atoms with Crippen molar-refractivity contribution in [3.8, 4) is 22.3 Å². The molecular formula is C24H22N2. The summed E-state index contributed by atoms with van der Waals surface area (Å²) >= 11 is 0. The van der Waals surface area contributed by atoms with Gasteiger partial charge in [0.1, 0.15) is 0 Å². The van der Waals surface area contributed by atoms with Gasteiger partial charge < -0.3 is 0 Å². The number of nitrogens with zero attached hydrogens (tertiary/aromatic N) is 2. The van der Waals surface area contributed by atoms with Crippen LogP contribution in [0.5, 0.6) is 0 Å². The van der Waals surface area contributed by atoms with Gasteiger partial charge in [0.25, 0.3) is 0 Å². The van der Waals surface area contributed by atoms with Gasteiger partial charge in [-0.15, -0.1) is 0 Å². The van der Waals surface area contributed by atoms with Crippen molar-refractivity contribution >= 4 is 10.8 Å². The first-order chi connectivity index (χ1) is 12.6. The largest absolute Gasteiger partial charge is 0.265 e. The van der Waals surface area contributed by atoms with E-state index in [-0.39, 0.29) is 5.41 Å². The summed E-state index contributed by atoms with van der Waals surface area (Å²) < 4.78 is 0. The van der Waals surface area contributed by atoms with Crippen molar-refractivity contribution in [3.05, 3.63) is 84.9 Å². The van der Waals surface area contributed by atoms with Crippen LogP contribution in [0.1, 0.15) is 26.3 Å². The van der Waals surface area contributed by atoms with Crippen molar-refractivity contribution in [1.82, 2.24) is 9.97 Å². The van der Waals surface area contributed by atoms with Crippen LogP contribution in [0, 0.1) is 0 Å². The average Bonchev–Trinajstić information content (AvgIpc) is 2.67. The topological polar surface area (TPSA) is 25.8 Å². The van der Waals surface area contributed by atoms with Crippen LogP contribution in [0.4, 0.5) is 0 Å². The fourth-order valence-corrected chi connectivity index (χ4v) is 3.57. The van der Waals surface area contributed by atoms with Gasteiger partial charge in [0.15, 0.2) is 0 Å². The van der Waals surface area contributed by atoms with Crippen LogP contribution in [-0.4, -0.2) is 9.97 Å². The maximum Gasteiger partial charge on any atom is 0.0273 e. The van der Waals surface area contributed by atoms with Gasteiger partial charge in [0, 0.05) is 24.8 Å². The molecule has 2 aromatic heterocycles. The SMILES string of the molecule is CC(C)(C)c1cc(-c2ccncc2)c2ccccc2c1-c1ccncc1. The Morgan fingerprint density at radius 1 is 0.654 bits per heavy atom. The number of hydrogen-bond donors (Lipinski definition) is 0. The summed E-state index contributed by atoms with van der Waals surface area (Å²) in [5.41, 5.74) is 6.32.